The van der Waals surface area contributed by atoms with Gasteiger partial charge in [-0.25, -0.2) is 0 Å². The highest BCUT2D eigenvalue weighted by Gasteiger charge is 2.34. The molecule has 0 amide bonds. The fourth-order valence-corrected chi connectivity index (χ4v) is 5.39. The summed E-state index contributed by atoms with van der Waals surface area (Å²) in [5.41, 5.74) is 2.80. The largest absolute Gasteiger partial charge is 0.416 e. The molecule has 9 heteroatoms. The summed E-state index contributed by atoms with van der Waals surface area (Å²) >= 11 is 7.22. The molecule has 0 saturated carbocycles. The van der Waals surface area contributed by atoms with Crippen molar-refractivity contribution >= 4 is 39.9 Å². The Morgan fingerprint density at radius 2 is 1.71 bits per heavy atom. The highest BCUT2D eigenvalue weighted by molar-refractivity contribution is 8.14. The smallest absolute Gasteiger partial charge is 0.332 e. The molecule has 1 aromatic carbocycles. The van der Waals surface area contributed by atoms with Gasteiger partial charge in [-0.3, -0.25) is 4.90 Å². The number of alkyl halides is 3. The van der Waals surface area contributed by atoms with E-state index in [-0.39, 0.29) is 0 Å². The van der Waals surface area contributed by atoms with Gasteiger partial charge in [0.1, 0.15) is 0 Å². The van der Waals surface area contributed by atoms with Gasteiger partial charge in [-0.15, -0.1) is 0 Å². The van der Waals surface area contributed by atoms with Crippen LogP contribution in [-0.4, -0.2) is 33.5 Å². The predicted octanol–water partition coefficient (Wildman–Crippen LogP) is 8.26. The maximum absolute atomic E-state index is 13.1. The molecule has 198 valence electrons. The quantitative estimate of drug-likeness (QED) is 0.144. The molecule has 2 N–H and O–H groups in total. The molecular weight excluding hydrogens is 489 g/mol. The van der Waals surface area contributed by atoms with Gasteiger partial charge in [0.15, 0.2) is 10.3 Å². The third-order valence-electron chi connectivity index (χ3n) is 6.10. The van der Waals surface area contributed by atoms with Gasteiger partial charge in [0.25, 0.3) is 0 Å². The van der Waals surface area contributed by atoms with Crippen molar-refractivity contribution in [2.75, 3.05) is 18.4 Å². The van der Waals surface area contributed by atoms with Crippen LogP contribution in [0.25, 0.3) is 0 Å². The number of thioether (sulfide) groups is 1. The zero-order valence-electron chi connectivity index (χ0n) is 21.3. The average Bonchev–Trinajstić information content (AvgIpc) is 3.24. The number of halogens is 3. The average molecular weight is 531 g/mol. The summed E-state index contributed by atoms with van der Waals surface area (Å²) in [4.78, 5) is 1.89. The molecular formula is C26H41F3N4S2. The topological polar surface area (TPSA) is 39.7 Å². The molecule has 1 heterocycles. The Morgan fingerprint density at radius 1 is 1.09 bits per heavy atom. The summed E-state index contributed by atoms with van der Waals surface area (Å²) in [7, 11) is 0. The van der Waals surface area contributed by atoms with E-state index in [1.54, 1.807) is 17.8 Å². The second-order valence-corrected chi connectivity index (χ2v) is 11.1. The van der Waals surface area contributed by atoms with Crippen LogP contribution in [0.5, 0.6) is 0 Å². The number of benzene rings is 1. The number of hydrazone groups is 1. The molecule has 1 aliphatic heterocycles. The number of amidine groups is 1. The minimum Gasteiger partial charge on any atom is -0.332 e. The number of nitrogens with one attached hydrogen (secondary N) is 2. The van der Waals surface area contributed by atoms with Crippen molar-refractivity contribution in [2.24, 2.45) is 11.0 Å². The standard InChI is InChI=1S/C26H41F3N4S2/c1-4-5-6-7-8-9-10-11-12-13-17-30-32-25-33(19-23(35-25)20(2)3)24(34)31-22-16-14-15-21(18-22)26(27,28)29/h14-16,18,20,23,30H,4-13,17,19H2,1-3H3,(H,31,34)/b32-25+. The van der Waals surface area contributed by atoms with Crippen LogP contribution in [0.3, 0.4) is 0 Å². The maximum Gasteiger partial charge on any atom is 0.416 e. The van der Waals surface area contributed by atoms with Crippen LogP contribution in [0.15, 0.2) is 29.4 Å². The van der Waals surface area contributed by atoms with Crippen LogP contribution < -0.4 is 10.7 Å². The summed E-state index contributed by atoms with van der Waals surface area (Å²) in [6.45, 7) is 8.02. The monoisotopic (exact) mass is 530 g/mol. The lowest BCUT2D eigenvalue weighted by molar-refractivity contribution is -0.137. The van der Waals surface area contributed by atoms with E-state index in [2.05, 4.69) is 36.6 Å². The molecule has 1 aliphatic rings. The first kappa shape index (κ1) is 29.7. The van der Waals surface area contributed by atoms with Crippen molar-refractivity contribution in [3.05, 3.63) is 29.8 Å². The molecule has 0 radical (unpaired) electrons. The molecule has 1 saturated heterocycles. The van der Waals surface area contributed by atoms with Crippen molar-refractivity contribution < 1.29 is 13.2 Å². The second-order valence-electron chi connectivity index (χ2n) is 9.50. The number of anilines is 1. The van der Waals surface area contributed by atoms with Crippen LogP contribution >= 0.6 is 24.0 Å². The van der Waals surface area contributed by atoms with Crippen LogP contribution in [-0.2, 0) is 6.18 Å². The summed E-state index contributed by atoms with van der Waals surface area (Å²) < 4.78 is 39.2. The fraction of sp³-hybridized carbons (Fsp3) is 0.692. The van der Waals surface area contributed by atoms with Gasteiger partial charge in [-0.05, 0) is 42.8 Å². The first-order valence-electron chi connectivity index (χ1n) is 12.9. The number of rotatable bonds is 14. The van der Waals surface area contributed by atoms with Gasteiger partial charge in [0.2, 0.25) is 0 Å². The van der Waals surface area contributed by atoms with Crippen LogP contribution in [0.2, 0.25) is 0 Å². The van der Waals surface area contributed by atoms with Crippen molar-refractivity contribution in [1.82, 2.24) is 10.3 Å². The third kappa shape index (κ3) is 11.0. The van der Waals surface area contributed by atoms with Crippen molar-refractivity contribution in [3.8, 4) is 0 Å². The SMILES string of the molecule is CCCCCCCCCCCCN/N=C1/SC(C(C)C)CN1C(=S)Nc1cccc(C(F)(F)F)c1. The van der Waals surface area contributed by atoms with E-state index < -0.39 is 11.7 Å². The predicted molar refractivity (Wildman–Crippen MR) is 148 cm³/mol. The van der Waals surface area contributed by atoms with Crippen molar-refractivity contribution in [1.29, 1.82) is 0 Å². The maximum atomic E-state index is 13.1. The minimum absolute atomic E-state index is 0.314. The summed E-state index contributed by atoms with van der Waals surface area (Å²) in [6.07, 6.45) is 8.49. The molecule has 0 aromatic heterocycles. The van der Waals surface area contributed by atoms with Gasteiger partial charge in [0, 0.05) is 24.0 Å². The van der Waals surface area contributed by atoms with Crippen LogP contribution in [0.4, 0.5) is 18.9 Å². The molecule has 35 heavy (non-hydrogen) atoms. The fourth-order valence-electron chi connectivity index (χ4n) is 3.88. The van der Waals surface area contributed by atoms with Gasteiger partial charge in [-0.2, -0.15) is 18.3 Å². The minimum atomic E-state index is -4.39. The molecule has 2 rings (SSSR count). The van der Waals surface area contributed by atoms with Crippen molar-refractivity contribution in [3.63, 3.8) is 0 Å². The molecule has 0 bridgehead atoms. The molecule has 0 aliphatic carbocycles. The summed E-state index contributed by atoms with van der Waals surface area (Å²) in [6, 6.07) is 5.10. The first-order chi connectivity index (χ1) is 16.7. The molecule has 1 fully saturated rings. The lowest BCUT2D eigenvalue weighted by atomic mass is 10.1. The Morgan fingerprint density at radius 3 is 2.31 bits per heavy atom. The molecule has 1 unspecified atom stereocenters. The van der Waals surface area contributed by atoms with E-state index in [9.17, 15) is 13.2 Å². The van der Waals surface area contributed by atoms with Crippen LogP contribution in [0, 0.1) is 5.92 Å². The number of hydrogen-bond donors (Lipinski definition) is 2. The van der Waals surface area contributed by atoms with Gasteiger partial charge in [0.05, 0.1) is 5.56 Å². The van der Waals surface area contributed by atoms with Gasteiger partial charge in [-0.1, -0.05) is 96.4 Å². The molecule has 0 spiro atoms. The third-order valence-corrected chi connectivity index (χ3v) is 7.94. The summed E-state index contributed by atoms with van der Waals surface area (Å²) in [5.74, 6) is 0.425. The zero-order valence-corrected chi connectivity index (χ0v) is 22.9. The van der Waals surface area contributed by atoms with Gasteiger partial charge < -0.3 is 10.7 Å². The normalized spacial score (nSPS) is 17.4. The lowest BCUT2D eigenvalue weighted by Gasteiger charge is -2.21. The van der Waals surface area contributed by atoms with E-state index >= 15 is 0 Å². The molecule has 1 aromatic rings. The van der Waals surface area contributed by atoms with Gasteiger partial charge >= 0.3 is 6.18 Å². The van der Waals surface area contributed by atoms with E-state index in [1.807, 2.05) is 4.90 Å². The summed E-state index contributed by atoms with van der Waals surface area (Å²) in [5, 5.41) is 8.99. The van der Waals surface area contributed by atoms with Crippen LogP contribution in [0.1, 0.15) is 90.5 Å². The number of unbranched alkanes of at least 4 members (excludes halogenated alkanes) is 9. The van der Waals surface area contributed by atoms with E-state index in [4.69, 9.17) is 12.2 Å². The van der Waals surface area contributed by atoms with E-state index in [1.165, 1.54) is 63.9 Å². The Bertz CT molecular complexity index is 799. The van der Waals surface area contributed by atoms with Crippen molar-refractivity contribution in [2.45, 2.75) is 96.4 Å². The second kappa shape index (κ2) is 15.6. The van der Waals surface area contributed by atoms with E-state index in [0.717, 1.165) is 30.3 Å². The van der Waals surface area contributed by atoms with E-state index in [0.29, 0.717) is 28.5 Å². The molecule has 1 atom stereocenters. The Balaban J connectivity index is 1.80. The number of thiocarbonyl (C=S) groups is 1. The first-order valence-corrected chi connectivity index (χ1v) is 14.2. The highest BCUT2D eigenvalue weighted by atomic mass is 32.2. The molecule has 4 nitrogen and oxygen atoms in total. The Labute approximate surface area is 218 Å². The Hall–Kier alpha value is -1.48. The number of hydrogen-bond acceptors (Lipinski definition) is 4. The number of nitrogens with zero attached hydrogens (tertiary/aromatic N) is 2. The zero-order chi connectivity index (χ0) is 25.7. The lowest BCUT2D eigenvalue weighted by Crippen LogP contribution is -2.37. The highest BCUT2D eigenvalue weighted by Crippen LogP contribution is 2.33. The Kier molecular flexibility index (Phi) is 13.3.